The SMILES string of the molecule is COc1ccccc1C(=O)OOC(=O)C1C=C(S(=O)[O-])c2ccccc2O1. The van der Waals surface area contributed by atoms with Gasteiger partial charge in [-0.25, -0.2) is 19.4 Å². The normalized spacial score (nSPS) is 16.2. The van der Waals surface area contributed by atoms with Crippen molar-refractivity contribution in [3.63, 3.8) is 0 Å². The molecular formula is C18H13O8S-. The first-order chi connectivity index (χ1) is 13.0. The fourth-order valence-corrected chi connectivity index (χ4v) is 3.00. The molecule has 0 aliphatic carbocycles. The summed E-state index contributed by atoms with van der Waals surface area (Å²) in [6.45, 7) is 0. The highest BCUT2D eigenvalue weighted by atomic mass is 32.2. The van der Waals surface area contributed by atoms with Crippen LogP contribution in [0.3, 0.4) is 0 Å². The van der Waals surface area contributed by atoms with Crippen LogP contribution in [-0.2, 0) is 25.7 Å². The molecule has 9 heteroatoms. The lowest BCUT2D eigenvalue weighted by Crippen LogP contribution is -2.31. The van der Waals surface area contributed by atoms with E-state index in [1.807, 2.05) is 0 Å². The second kappa shape index (κ2) is 8.02. The van der Waals surface area contributed by atoms with Crippen molar-refractivity contribution in [2.24, 2.45) is 0 Å². The Bertz CT molecular complexity index is 936. The number of fused-ring (bicyclic) bond motifs is 1. The van der Waals surface area contributed by atoms with Crippen LogP contribution < -0.4 is 9.47 Å². The molecule has 1 heterocycles. The second-order valence-electron chi connectivity index (χ2n) is 5.27. The van der Waals surface area contributed by atoms with Gasteiger partial charge in [-0.2, -0.15) is 0 Å². The molecule has 2 unspecified atom stereocenters. The number of carbonyl (C=O) groups excluding carboxylic acids is 2. The average molecular weight is 389 g/mol. The minimum Gasteiger partial charge on any atom is -0.768 e. The summed E-state index contributed by atoms with van der Waals surface area (Å²) < 4.78 is 33.3. The van der Waals surface area contributed by atoms with Gasteiger partial charge in [0.15, 0.2) is 0 Å². The first-order valence-electron chi connectivity index (χ1n) is 7.64. The highest BCUT2D eigenvalue weighted by Crippen LogP contribution is 2.33. The summed E-state index contributed by atoms with van der Waals surface area (Å²) in [6.07, 6.45) is -0.316. The Morgan fingerprint density at radius 3 is 2.52 bits per heavy atom. The van der Waals surface area contributed by atoms with Gasteiger partial charge in [-0.05, 0) is 35.4 Å². The fourth-order valence-electron chi connectivity index (χ4n) is 2.42. The van der Waals surface area contributed by atoms with Crippen molar-refractivity contribution in [1.29, 1.82) is 0 Å². The molecule has 0 saturated carbocycles. The summed E-state index contributed by atoms with van der Waals surface area (Å²) in [4.78, 5) is 33.2. The van der Waals surface area contributed by atoms with Gasteiger partial charge in [0.05, 0.1) is 7.11 Å². The third-order valence-corrected chi connectivity index (χ3v) is 4.36. The maximum absolute atomic E-state index is 12.2. The Hall–Kier alpha value is -3.17. The highest BCUT2D eigenvalue weighted by molar-refractivity contribution is 7.89. The molecule has 1 aliphatic rings. The van der Waals surface area contributed by atoms with E-state index < -0.39 is 29.1 Å². The van der Waals surface area contributed by atoms with Gasteiger partial charge in [0.1, 0.15) is 17.1 Å². The van der Waals surface area contributed by atoms with Crippen LogP contribution in [-0.4, -0.2) is 33.9 Å². The largest absolute Gasteiger partial charge is 0.768 e. The lowest BCUT2D eigenvalue weighted by Gasteiger charge is -2.24. The van der Waals surface area contributed by atoms with E-state index >= 15 is 0 Å². The lowest BCUT2D eigenvalue weighted by molar-refractivity contribution is -0.238. The Morgan fingerprint density at radius 2 is 1.78 bits per heavy atom. The van der Waals surface area contributed by atoms with Crippen molar-refractivity contribution < 1.29 is 37.6 Å². The van der Waals surface area contributed by atoms with Crippen molar-refractivity contribution in [3.8, 4) is 11.5 Å². The van der Waals surface area contributed by atoms with Crippen LogP contribution in [0.5, 0.6) is 11.5 Å². The summed E-state index contributed by atoms with van der Waals surface area (Å²) in [5.41, 5.74) is 0.375. The first kappa shape index (κ1) is 18.6. The number of ether oxygens (including phenoxy) is 2. The Kier molecular flexibility index (Phi) is 5.53. The van der Waals surface area contributed by atoms with Gasteiger partial charge < -0.3 is 14.0 Å². The number of rotatable bonds is 4. The van der Waals surface area contributed by atoms with Crippen LogP contribution in [0, 0.1) is 0 Å². The van der Waals surface area contributed by atoms with Crippen LogP contribution in [0.25, 0.3) is 4.91 Å². The quantitative estimate of drug-likeness (QED) is 0.443. The van der Waals surface area contributed by atoms with Gasteiger partial charge in [0.2, 0.25) is 6.10 Å². The van der Waals surface area contributed by atoms with E-state index in [0.717, 1.165) is 6.08 Å². The Labute approximate surface area is 156 Å². The molecule has 140 valence electrons. The summed E-state index contributed by atoms with van der Waals surface area (Å²) >= 11 is -2.60. The van der Waals surface area contributed by atoms with E-state index in [9.17, 15) is 18.4 Å². The van der Waals surface area contributed by atoms with Gasteiger partial charge in [-0.15, -0.1) is 0 Å². The monoisotopic (exact) mass is 389 g/mol. The smallest absolute Gasteiger partial charge is 0.399 e. The fraction of sp³-hybridized carbons (Fsp3) is 0.111. The Morgan fingerprint density at radius 1 is 1.07 bits per heavy atom. The molecule has 0 radical (unpaired) electrons. The third kappa shape index (κ3) is 3.99. The van der Waals surface area contributed by atoms with Crippen molar-refractivity contribution >= 4 is 27.9 Å². The van der Waals surface area contributed by atoms with Crippen molar-refractivity contribution in [2.75, 3.05) is 7.11 Å². The van der Waals surface area contributed by atoms with Gasteiger partial charge in [-0.1, -0.05) is 30.3 Å². The molecule has 0 spiro atoms. The molecular weight excluding hydrogens is 376 g/mol. The summed E-state index contributed by atoms with van der Waals surface area (Å²) in [5, 5.41) is 0. The number of benzene rings is 2. The molecule has 0 aromatic heterocycles. The van der Waals surface area contributed by atoms with Crippen LogP contribution in [0.2, 0.25) is 0 Å². The van der Waals surface area contributed by atoms with Crippen LogP contribution >= 0.6 is 0 Å². The van der Waals surface area contributed by atoms with Gasteiger partial charge >= 0.3 is 11.9 Å². The predicted octanol–water partition coefficient (Wildman–Crippen LogP) is 1.99. The van der Waals surface area contributed by atoms with Crippen LogP contribution in [0.15, 0.2) is 54.6 Å². The van der Waals surface area contributed by atoms with E-state index in [2.05, 4.69) is 9.78 Å². The molecule has 2 atom stereocenters. The molecule has 0 fully saturated rings. The van der Waals surface area contributed by atoms with Crippen molar-refractivity contribution in [1.82, 2.24) is 0 Å². The number of hydrogen-bond acceptors (Lipinski definition) is 8. The van der Waals surface area contributed by atoms with E-state index in [1.165, 1.54) is 25.3 Å². The molecule has 2 aromatic rings. The first-order valence-corrected chi connectivity index (χ1v) is 8.71. The molecule has 8 nitrogen and oxygen atoms in total. The third-order valence-electron chi connectivity index (χ3n) is 3.65. The van der Waals surface area contributed by atoms with Crippen LogP contribution in [0.1, 0.15) is 15.9 Å². The van der Waals surface area contributed by atoms with E-state index in [0.29, 0.717) is 5.56 Å². The van der Waals surface area contributed by atoms with E-state index in [4.69, 9.17) is 9.47 Å². The Balaban J connectivity index is 1.72. The van der Waals surface area contributed by atoms with Crippen molar-refractivity contribution in [3.05, 3.63) is 65.7 Å². The zero-order chi connectivity index (χ0) is 19.4. The van der Waals surface area contributed by atoms with Gasteiger partial charge in [0.25, 0.3) is 0 Å². The maximum atomic E-state index is 12.2. The van der Waals surface area contributed by atoms with Gasteiger partial charge in [0, 0.05) is 10.5 Å². The number of carbonyl (C=O) groups is 2. The summed E-state index contributed by atoms with van der Waals surface area (Å²) in [5.74, 6) is -1.60. The van der Waals surface area contributed by atoms with Crippen molar-refractivity contribution in [2.45, 2.75) is 6.10 Å². The summed E-state index contributed by atoms with van der Waals surface area (Å²) in [7, 11) is 1.38. The minimum atomic E-state index is -2.60. The molecule has 0 bridgehead atoms. The molecule has 2 aromatic carbocycles. The number of methoxy groups -OCH3 is 1. The number of para-hydroxylation sites is 2. The topological polar surface area (TPSA) is 111 Å². The van der Waals surface area contributed by atoms with E-state index in [1.54, 1.807) is 30.3 Å². The molecule has 1 aliphatic heterocycles. The molecule has 0 amide bonds. The number of hydrogen-bond donors (Lipinski definition) is 0. The zero-order valence-corrected chi connectivity index (χ0v) is 14.8. The highest BCUT2D eigenvalue weighted by Gasteiger charge is 2.29. The standard InChI is InChI=1S/C18H14O8S/c1-23-13-8-4-3-7-12(13)17(19)25-26-18(20)15-10-16(27(21)22)11-6-2-5-9-14(11)24-15/h2-10,15H,1H3,(H,21,22)/p-1. The second-order valence-corrected chi connectivity index (χ2v) is 6.18. The van der Waals surface area contributed by atoms with E-state index in [-0.39, 0.29) is 22.0 Å². The molecule has 3 rings (SSSR count). The average Bonchev–Trinajstić information content (AvgIpc) is 2.70. The summed E-state index contributed by atoms with van der Waals surface area (Å²) in [6, 6.07) is 12.5. The molecule has 0 saturated heterocycles. The molecule has 0 N–H and O–H groups in total. The van der Waals surface area contributed by atoms with Crippen LogP contribution in [0.4, 0.5) is 0 Å². The predicted molar refractivity (Wildman–Crippen MR) is 92.3 cm³/mol. The maximum Gasteiger partial charge on any atom is 0.399 e. The minimum absolute atomic E-state index is 0.0552. The van der Waals surface area contributed by atoms with Gasteiger partial charge in [-0.3, -0.25) is 4.21 Å². The molecule has 27 heavy (non-hydrogen) atoms. The lowest BCUT2D eigenvalue weighted by atomic mass is 10.1. The zero-order valence-electron chi connectivity index (χ0n) is 13.9.